The number of fused-ring (bicyclic) bond motifs is 2. The molecule has 3 aromatic carbocycles. The van der Waals surface area contributed by atoms with Gasteiger partial charge in [0, 0.05) is 69.0 Å². The van der Waals surface area contributed by atoms with Crippen molar-refractivity contribution in [3.63, 3.8) is 0 Å². The Labute approximate surface area is 347 Å². The van der Waals surface area contributed by atoms with Crippen molar-refractivity contribution in [2.75, 3.05) is 62.7 Å². The molecule has 8 rings (SSSR count). The van der Waals surface area contributed by atoms with Crippen LogP contribution in [0.15, 0.2) is 66.7 Å². The molecule has 3 fully saturated rings. The molecular formula is C46H56N8O5. The number of piperazine rings is 1. The molecule has 310 valence electrons. The molecule has 13 nitrogen and oxygen atoms in total. The monoisotopic (exact) mass is 800 g/mol. The highest BCUT2D eigenvalue weighted by molar-refractivity contribution is 5.97. The topological polar surface area (TPSA) is 128 Å². The first-order valence-electron chi connectivity index (χ1n) is 21.0. The Morgan fingerprint density at radius 3 is 2.47 bits per heavy atom. The number of aromatic nitrogens is 2. The van der Waals surface area contributed by atoms with Crippen LogP contribution in [0.25, 0.3) is 10.8 Å². The van der Waals surface area contributed by atoms with Gasteiger partial charge in [0.15, 0.2) is 0 Å². The van der Waals surface area contributed by atoms with E-state index >= 15 is 0 Å². The molecule has 0 spiro atoms. The van der Waals surface area contributed by atoms with Crippen LogP contribution in [0, 0.1) is 18.3 Å². The summed E-state index contributed by atoms with van der Waals surface area (Å²) in [5.41, 5.74) is 4.64. The smallest absolute Gasteiger partial charge is 0.410 e. The Bertz CT molecular complexity index is 2210. The van der Waals surface area contributed by atoms with E-state index in [2.05, 4.69) is 64.1 Å². The van der Waals surface area contributed by atoms with E-state index in [1.54, 1.807) is 9.80 Å². The minimum atomic E-state index is -0.549. The van der Waals surface area contributed by atoms with Gasteiger partial charge in [-0.15, -0.1) is 0 Å². The first kappa shape index (κ1) is 40.2. The van der Waals surface area contributed by atoms with Crippen molar-refractivity contribution in [2.24, 2.45) is 0 Å². The van der Waals surface area contributed by atoms with Gasteiger partial charge in [-0.1, -0.05) is 60.7 Å². The second-order valence-electron chi connectivity index (χ2n) is 17.6. The van der Waals surface area contributed by atoms with Crippen LogP contribution in [0.2, 0.25) is 0 Å². The zero-order valence-corrected chi connectivity index (χ0v) is 35.0. The number of aryl methyl sites for hydroxylation is 1. The van der Waals surface area contributed by atoms with Crippen molar-refractivity contribution in [3.05, 3.63) is 89.1 Å². The number of ether oxygens (including phenoxy) is 3. The fourth-order valence-electron chi connectivity index (χ4n) is 8.93. The molecule has 0 radical (unpaired) electrons. The zero-order valence-electron chi connectivity index (χ0n) is 35.0. The molecule has 4 aliphatic rings. The van der Waals surface area contributed by atoms with Crippen molar-refractivity contribution in [3.8, 4) is 12.1 Å². The highest BCUT2D eigenvalue weighted by atomic mass is 16.6. The number of rotatable bonds is 10. The predicted molar refractivity (Wildman–Crippen MR) is 226 cm³/mol. The zero-order chi connectivity index (χ0) is 41.3. The fraction of sp³-hybridized carbons (Fsp3) is 0.500. The molecular weight excluding hydrogens is 745 g/mol. The van der Waals surface area contributed by atoms with Crippen LogP contribution in [0.4, 0.5) is 21.1 Å². The Morgan fingerprint density at radius 2 is 1.73 bits per heavy atom. The maximum absolute atomic E-state index is 13.4. The number of hydrogen-bond donors (Lipinski definition) is 0. The van der Waals surface area contributed by atoms with Gasteiger partial charge in [-0.3, -0.25) is 4.90 Å². The van der Waals surface area contributed by atoms with E-state index in [0.29, 0.717) is 38.8 Å². The van der Waals surface area contributed by atoms with Crippen LogP contribution in [-0.2, 0) is 29.0 Å². The highest BCUT2D eigenvalue weighted by Crippen LogP contribution is 2.44. The van der Waals surface area contributed by atoms with Crippen LogP contribution in [0.5, 0.6) is 6.01 Å². The van der Waals surface area contributed by atoms with Gasteiger partial charge in [-0.25, -0.2) is 9.59 Å². The lowest BCUT2D eigenvalue weighted by Gasteiger charge is -2.42. The van der Waals surface area contributed by atoms with Gasteiger partial charge >= 0.3 is 18.2 Å². The molecule has 4 aromatic rings. The maximum atomic E-state index is 13.4. The molecule has 0 unspecified atom stereocenters. The average Bonchev–Trinajstić information content (AvgIpc) is 3.86. The first-order chi connectivity index (χ1) is 28.4. The number of carbonyl (C=O) groups excluding carboxylic acids is 2. The van der Waals surface area contributed by atoms with Gasteiger partial charge in [-0.2, -0.15) is 15.2 Å². The van der Waals surface area contributed by atoms with Gasteiger partial charge in [0.2, 0.25) is 0 Å². The number of nitriles is 1. The van der Waals surface area contributed by atoms with Crippen LogP contribution < -0.4 is 14.5 Å². The fourth-order valence-corrected chi connectivity index (χ4v) is 8.93. The van der Waals surface area contributed by atoms with Crippen LogP contribution >= 0.6 is 0 Å². The van der Waals surface area contributed by atoms with Gasteiger partial charge in [0.1, 0.15) is 24.6 Å². The van der Waals surface area contributed by atoms with E-state index in [1.165, 1.54) is 22.0 Å². The first-order valence-corrected chi connectivity index (χ1v) is 21.0. The molecule has 0 N–H and O–H groups in total. The molecule has 1 aromatic heterocycles. The molecule has 13 heteroatoms. The number of benzene rings is 3. The number of carbonyl (C=O) groups is 2. The number of likely N-dealkylation sites (N-methyl/N-ethyl adjacent to an activating group) is 1. The molecule has 4 heterocycles. The van der Waals surface area contributed by atoms with Gasteiger partial charge < -0.3 is 33.8 Å². The van der Waals surface area contributed by atoms with Crippen molar-refractivity contribution in [1.29, 1.82) is 5.26 Å². The van der Waals surface area contributed by atoms with Crippen molar-refractivity contribution < 1.29 is 23.8 Å². The van der Waals surface area contributed by atoms with E-state index in [-0.39, 0.29) is 36.7 Å². The number of amides is 2. The third-order valence-electron chi connectivity index (χ3n) is 12.4. The van der Waals surface area contributed by atoms with E-state index in [0.717, 1.165) is 68.0 Å². The Hall–Kier alpha value is -5.61. The normalized spacial score (nSPS) is 20.2. The van der Waals surface area contributed by atoms with Gasteiger partial charge in [-0.05, 0) is 76.0 Å². The van der Waals surface area contributed by atoms with E-state index < -0.39 is 11.7 Å². The standard InChI is InChI=1S/C46H56N8O5/c1-32-11-9-14-34-15-10-16-39(40(32)34)51-23-19-37-38(29-51)48-42(58-31-46(20-21-46)53-24-18-35(28-53)50(5)43(55)59-45(2,3)4)49-41(37)52-25-26-54(36(27-52)17-22-47)44(56)57-30-33-12-7-6-8-13-33/h6-16,35-36H,17-21,23-31H2,1-5H3/t35-,36-/m0/s1. The summed E-state index contributed by atoms with van der Waals surface area (Å²) in [6.07, 6.45) is 3.06. The van der Waals surface area contributed by atoms with Crippen LogP contribution in [0.1, 0.15) is 68.8 Å². The van der Waals surface area contributed by atoms with Crippen molar-refractivity contribution >= 4 is 34.5 Å². The summed E-state index contributed by atoms with van der Waals surface area (Å²) in [5.74, 6) is 0.809. The molecule has 3 aliphatic heterocycles. The Kier molecular flexibility index (Phi) is 11.3. The lowest BCUT2D eigenvalue weighted by molar-refractivity contribution is 0.0219. The van der Waals surface area contributed by atoms with Crippen LogP contribution in [-0.4, -0.2) is 113 Å². The SMILES string of the molecule is Cc1cccc2cccc(N3CCc4c(nc(OCC5(N6CC[C@H](N(C)C(=O)OC(C)(C)C)C6)CC5)nc4N4CCN(C(=O)OCc5ccccc5)[C@@H](CC#N)C4)C3)c12. The lowest BCUT2D eigenvalue weighted by Crippen LogP contribution is -2.55. The van der Waals surface area contributed by atoms with Crippen LogP contribution in [0.3, 0.4) is 0 Å². The highest BCUT2D eigenvalue weighted by Gasteiger charge is 2.52. The number of hydrogen-bond acceptors (Lipinski definition) is 11. The second-order valence-corrected chi connectivity index (χ2v) is 17.6. The summed E-state index contributed by atoms with van der Waals surface area (Å²) < 4.78 is 18.0. The molecule has 59 heavy (non-hydrogen) atoms. The summed E-state index contributed by atoms with van der Waals surface area (Å²) >= 11 is 0. The summed E-state index contributed by atoms with van der Waals surface area (Å²) in [7, 11) is 1.83. The average molecular weight is 801 g/mol. The molecule has 1 aliphatic carbocycles. The quantitative estimate of drug-likeness (QED) is 0.163. The lowest BCUT2D eigenvalue weighted by atomic mass is 9.99. The number of nitrogens with zero attached hydrogens (tertiary/aromatic N) is 8. The molecule has 2 atom stereocenters. The molecule has 2 saturated heterocycles. The summed E-state index contributed by atoms with van der Waals surface area (Å²) in [6, 6.07) is 24.9. The van der Waals surface area contributed by atoms with Gasteiger partial charge in [0.05, 0.1) is 36.3 Å². The third-order valence-corrected chi connectivity index (χ3v) is 12.4. The maximum Gasteiger partial charge on any atom is 0.410 e. The van der Waals surface area contributed by atoms with E-state index in [1.807, 2.05) is 58.2 Å². The Morgan fingerprint density at radius 1 is 0.949 bits per heavy atom. The minimum Gasteiger partial charge on any atom is -0.461 e. The Balaban J connectivity index is 1.03. The summed E-state index contributed by atoms with van der Waals surface area (Å²) in [4.78, 5) is 47.1. The predicted octanol–water partition coefficient (Wildman–Crippen LogP) is 7.09. The molecule has 0 bridgehead atoms. The second kappa shape index (κ2) is 16.6. The van der Waals surface area contributed by atoms with Crippen molar-refractivity contribution in [2.45, 2.75) is 96.2 Å². The van der Waals surface area contributed by atoms with Gasteiger partial charge in [0.25, 0.3) is 0 Å². The third kappa shape index (κ3) is 8.74. The largest absolute Gasteiger partial charge is 0.461 e. The summed E-state index contributed by atoms with van der Waals surface area (Å²) in [5, 5.41) is 12.3. The minimum absolute atomic E-state index is 0.0632. The molecule has 2 amide bonds. The van der Waals surface area contributed by atoms with E-state index in [9.17, 15) is 14.9 Å². The molecule has 1 saturated carbocycles. The number of likely N-dealkylation sites (tertiary alicyclic amines) is 1. The van der Waals surface area contributed by atoms with Crippen molar-refractivity contribution in [1.82, 2.24) is 24.7 Å². The summed E-state index contributed by atoms with van der Waals surface area (Å²) in [6.45, 7) is 12.8. The van der Waals surface area contributed by atoms with E-state index in [4.69, 9.17) is 24.2 Å². The number of anilines is 2.